The summed E-state index contributed by atoms with van der Waals surface area (Å²) < 4.78 is 0. The maximum Gasteiger partial charge on any atom is 0.307 e. The van der Waals surface area contributed by atoms with E-state index in [0.717, 1.165) is 6.42 Å². The molecule has 0 saturated heterocycles. The van der Waals surface area contributed by atoms with Crippen LogP contribution in [-0.4, -0.2) is 30.7 Å². The molecule has 0 aliphatic rings. The van der Waals surface area contributed by atoms with Crippen molar-refractivity contribution in [1.82, 2.24) is 5.32 Å². The lowest BCUT2D eigenvalue weighted by Gasteiger charge is -2.15. The van der Waals surface area contributed by atoms with Crippen molar-refractivity contribution in [1.29, 1.82) is 0 Å². The van der Waals surface area contributed by atoms with Gasteiger partial charge in [-0.15, -0.1) is 0 Å². The third-order valence-corrected chi connectivity index (χ3v) is 1.91. The van der Waals surface area contributed by atoms with E-state index in [4.69, 9.17) is 10.8 Å². The molecule has 0 amide bonds. The van der Waals surface area contributed by atoms with Gasteiger partial charge in [-0.25, -0.2) is 0 Å². The Morgan fingerprint density at radius 3 is 2.58 bits per heavy atom. The highest BCUT2D eigenvalue weighted by Crippen LogP contribution is 2.06. The molecule has 2 atom stereocenters. The van der Waals surface area contributed by atoms with Gasteiger partial charge in [0.1, 0.15) is 0 Å². The molecular weight excluding hydrogens is 156 g/mol. The Balaban J connectivity index is 3.86. The number of carbonyl (C=O) groups is 1. The van der Waals surface area contributed by atoms with Gasteiger partial charge in [0.15, 0.2) is 0 Å². The Kier molecular flexibility index (Phi) is 5.66. The van der Waals surface area contributed by atoms with E-state index in [1.54, 1.807) is 7.05 Å². The highest BCUT2D eigenvalue weighted by molar-refractivity contribution is 5.70. The van der Waals surface area contributed by atoms with Gasteiger partial charge in [-0.2, -0.15) is 0 Å². The maximum absolute atomic E-state index is 10.6. The summed E-state index contributed by atoms with van der Waals surface area (Å²) in [4.78, 5) is 10.6. The van der Waals surface area contributed by atoms with Crippen molar-refractivity contribution in [2.75, 3.05) is 13.6 Å². The van der Waals surface area contributed by atoms with Crippen LogP contribution in [0.25, 0.3) is 0 Å². The fourth-order valence-electron chi connectivity index (χ4n) is 1.05. The minimum absolute atomic E-state index is 0.000509. The zero-order valence-electron chi connectivity index (χ0n) is 7.71. The van der Waals surface area contributed by atoms with Crippen LogP contribution >= 0.6 is 0 Å². The molecular formula is C8H18N2O2. The molecule has 0 aromatic rings. The summed E-state index contributed by atoms with van der Waals surface area (Å²) in [6, 6.07) is -0.000509. The van der Waals surface area contributed by atoms with Gasteiger partial charge in [-0.1, -0.05) is 6.92 Å². The number of aliphatic carboxylic acids is 1. The highest BCUT2D eigenvalue weighted by Gasteiger charge is 2.18. The highest BCUT2D eigenvalue weighted by atomic mass is 16.4. The maximum atomic E-state index is 10.6. The minimum Gasteiger partial charge on any atom is -0.481 e. The number of nitrogens with two attached hydrogens (primary N) is 1. The van der Waals surface area contributed by atoms with Crippen LogP contribution in [0.15, 0.2) is 0 Å². The fraction of sp³-hybridized carbons (Fsp3) is 0.875. The molecule has 4 nitrogen and oxygen atoms in total. The van der Waals surface area contributed by atoms with E-state index in [-0.39, 0.29) is 12.0 Å². The van der Waals surface area contributed by atoms with Crippen LogP contribution in [0.1, 0.15) is 19.8 Å². The first kappa shape index (κ1) is 11.4. The molecule has 0 aromatic heterocycles. The van der Waals surface area contributed by atoms with E-state index in [0.29, 0.717) is 13.0 Å². The molecule has 0 aliphatic heterocycles. The molecule has 0 spiro atoms. The molecule has 72 valence electrons. The molecule has 0 aromatic carbocycles. The van der Waals surface area contributed by atoms with E-state index in [9.17, 15) is 4.79 Å². The Bertz CT molecular complexity index is 139. The standard InChI is InChI=1S/C8H18N2O2/c1-3-7(9)4-6(5-10-2)8(11)12/h6-7,10H,3-5,9H2,1-2H3,(H,11,12). The van der Waals surface area contributed by atoms with Crippen LogP contribution in [0.3, 0.4) is 0 Å². The van der Waals surface area contributed by atoms with Crippen molar-refractivity contribution in [2.45, 2.75) is 25.8 Å². The van der Waals surface area contributed by atoms with Crippen molar-refractivity contribution >= 4 is 5.97 Å². The summed E-state index contributed by atoms with van der Waals surface area (Å²) in [5, 5.41) is 11.6. The molecule has 0 heterocycles. The number of hydrogen-bond donors (Lipinski definition) is 3. The van der Waals surface area contributed by atoms with Crippen LogP contribution in [0.5, 0.6) is 0 Å². The Labute approximate surface area is 73.1 Å². The Morgan fingerprint density at radius 2 is 2.25 bits per heavy atom. The first-order chi connectivity index (χ1) is 5.61. The average molecular weight is 174 g/mol. The number of rotatable bonds is 6. The van der Waals surface area contributed by atoms with Gasteiger partial charge in [-0.05, 0) is 19.9 Å². The molecule has 0 rings (SSSR count). The van der Waals surface area contributed by atoms with E-state index in [2.05, 4.69) is 5.32 Å². The zero-order chi connectivity index (χ0) is 9.56. The molecule has 4 N–H and O–H groups in total. The number of nitrogens with one attached hydrogen (secondary N) is 1. The second-order valence-corrected chi connectivity index (χ2v) is 3.00. The third-order valence-electron chi connectivity index (χ3n) is 1.91. The summed E-state index contributed by atoms with van der Waals surface area (Å²) in [6.07, 6.45) is 1.38. The van der Waals surface area contributed by atoms with Gasteiger partial charge >= 0.3 is 5.97 Å². The van der Waals surface area contributed by atoms with E-state index in [1.165, 1.54) is 0 Å². The number of carboxylic acids is 1. The van der Waals surface area contributed by atoms with Crippen molar-refractivity contribution < 1.29 is 9.90 Å². The second kappa shape index (κ2) is 5.97. The zero-order valence-corrected chi connectivity index (χ0v) is 7.71. The quantitative estimate of drug-likeness (QED) is 0.531. The smallest absolute Gasteiger partial charge is 0.307 e. The summed E-state index contributed by atoms with van der Waals surface area (Å²) in [5.74, 6) is -1.13. The largest absolute Gasteiger partial charge is 0.481 e. The van der Waals surface area contributed by atoms with Crippen molar-refractivity contribution in [2.24, 2.45) is 11.7 Å². The topological polar surface area (TPSA) is 75.3 Å². The molecule has 0 saturated carbocycles. The van der Waals surface area contributed by atoms with E-state index >= 15 is 0 Å². The lowest BCUT2D eigenvalue weighted by Crippen LogP contribution is -2.32. The summed E-state index contributed by atoms with van der Waals surface area (Å²) in [6.45, 7) is 2.45. The molecule has 4 heteroatoms. The molecule has 2 unspecified atom stereocenters. The molecule has 0 fully saturated rings. The van der Waals surface area contributed by atoms with Crippen LogP contribution in [0, 0.1) is 5.92 Å². The van der Waals surface area contributed by atoms with Crippen molar-refractivity contribution in [3.8, 4) is 0 Å². The van der Waals surface area contributed by atoms with Crippen LogP contribution in [0.2, 0.25) is 0 Å². The van der Waals surface area contributed by atoms with E-state index in [1.807, 2.05) is 6.92 Å². The monoisotopic (exact) mass is 174 g/mol. The summed E-state index contributed by atoms with van der Waals surface area (Å²) >= 11 is 0. The fourth-order valence-corrected chi connectivity index (χ4v) is 1.05. The van der Waals surface area contributed by atoms with Gasteiger partial charge in [0.05, 0.1) is 5.92 Å². The van der Waals surface area contributed by atoms with Gasteiger partial charge in [0.2, 0.25) is 0 Å². The molecule has 0 bridgehead atoms. The normalized spacial score (nSPS) is 15.6. The predicted octanol–water partition coefficient (Wildman–Crippen LogP) is 0.0340. The van der Waals surface area contributed by atoms with Gasteiger partial charge in [0.25, 0.3) is 0 Å². The van der Waals surface area contributed by atoms with E-state index < -0.39 is 5.97 Å². The molecule has 0 radical (unpaired) electrons. The first-order valence-electron chi connectivity index (χ1n) is 4.24. The lowest BCUT2D eigenvalue weighted by atomic mass is 9.99. The SMILES string of the molecule is CCC(N)CC(CNC)C(=O)O. The summed E-state index contributed by atoms with van der Waals surface area (Å²) in [5.41, 5.74) is 5.65. The average Bonchev–Trinajstić information content (AvgIpc) is 2.03. The van der Waals surface area contributed by atoms with Crippen molar-refractivity contribution in [3.05, 3.63) is 0 Å². The van der Waals surface area contributed by atoms with Gasteiger partial charge in [-0.3, -0.25) is 4.79 Å². The van der Waals surface area contributed by atoms with Crippen molar-refractivity contribution in [3.63, 3.8) is 0 Å². The van der Waals surface area contributed by atoms with Crippen LogP contribution < -0.4 is 11.1 Å². The molecule has 12 heavy (non-hydrogen) atoms. The second-order valence-electron chi connectivity index (χ2n) is 3.00. The first-order valence-corrected chi connectivity index (χ1v) is 4.24. The molecule has 0 aliphatic carbocycles. The van der Waals surface area contributed by atoms with Gasteiger partial charge in [0, 0.05) is 12.6 Å². The lowest BCUT2D eigenvalue weighted by molar-refractivity contribution is -0.141. The summed E-state index contributed by atoms with van der Waals surface area (Å²) in [7, 11) is 1.74. The minimum atomic E-state index is -0.770. The Hall–Kier alpha value is -0.610. The van der Waals surface area contributed by atoms with Crippen LogP contribution in [0.4, 0.5) is 0 Å². The number of carboxylic acid groups (broad SMARTS) is 1. The predicted molar refractivity (Wildman–Crippen MR) is 47.9 cm³/mol. The third kappa shape index (κ3) is 4.31. The number of hydrogen-bond acceptors (Lipinski definition) is 3. The van der Waals surface area contributed by atoms with Gasteiger partial charge < -0.3 is 16.2 Å². The van der Waals surface area contributed by atoms with Crippen LogP contribution in [-0.2, 0) is 4.79 Å². The Morgan fingerprint density at radius 1 is 1.67 bits per heavy atom.